The Bertz CT molecular complexity index is 962. The van der Waals surface area contributed by atoms with Gasteiger partial charge in [0.1, 0.15) is 0 Å². The first kappa shape index (κ1) is 16.7. The summed E-state index contributed by atoms with van der Waals surface area (Å²) in [6.07, 6.45) is 0. The van der Waals surface area contributed by atoms with E-state index in [4.69, 9.17) is 4.52 Å². The molecule has 3 aromatic rings. The molecule has 1 amide bonds. The summed E-state index contributed by atoms with van der Waals surface area (Å²) in [6, 6.07) is 10.2. The van der Waals surface area contributed by atoms with E-state index in [1.807, 2.05) is 49.1 Å². The van der Waals surface area contributed by atoms with Crippen LogP contribution in [0, 0.1) is 13.8 Å². The number of nitrogens with one attached hydrogen (secondary N) is 1. The van der Waals surface area contributed by atoms with Gasteiger partial charge in [0.25, 0.3) is 11.6 Å². The monoisotopic (exact) mass is 350 g/mol. The number of rotatable bonds is 2. The van der Waals surface area contributed by atoms with Gasteiger partial charge in [-0.15, -0.1) is 0 Å². The number of pyridine rings is 1. The molecule has 1 saturated heterocycles. The number of nitrogens with zero attached hydrogens (tertiary/aromatic N) is 3. The number of carbonyl (C=O) groups is 1. The summed E-state index contributed by atoms with van der Waals surface area (Å²) >= 11 is 0. The highest BCUT2D eigenvalue weighted by atomic mass is 16.5. The number of aromatic nitrogens is 2. The molecule has 2 aromatic heterocycles. The number of benzene rings is 1. The van der Waals surface area contributed by atoms with Gasteiger partial charge in [0.05, 0.1) is 22.3 Å². The van der Waals surface area contributed by atoms with Crippen LogP contribution in [0.15, 0.2) is 34.9 Å². The van der Waals surface area contributed by atoms with Crippen LogP contribution in [0.2, 0.25) is 0 Å². The fraction of sp³-hybridized carbons (Fsp3) is 0.350. The fourth-order valence-electron chi connectivity index (χ4n) is 3.42. The van der Waals surface area contributed by atoms with Crippen molar-refractivity contribution in [1.29, 1.82) is 0 Å². The van der Waals surface area contributed by atoms with Crippen LogP contribution in [-0.4, -0.2) is 46.6 Å². The summed E-state index contributed by atoms with van der Waals surface area (Å²) in [6.45, 7) is 8.15. The first-order valence-electron chi connectivity index (χ1n) is 8.89. The van der Waals surface area contributed by atoms with Gasteiger partial charge in [-0.1, -0.05) is 35.0 Å². The second-order valence-corrected chi connectivity index (χ2v) is 6.98. The van der Waals surface area contributed by atoms with Gasteiger partial charge in [-0.25, -0.2) is 4.98 Å². The molecule has 4 rings (SSSR count). The second kappa shape index (κ2) is 6.53. The molecule has 0 radical (unpaired) electrons. The van der Waals surface area contributed by atoms with Gasteiger partial charge < -0.3 is 14.7 Å². The lowest BCUT2D eigenvalue weighted by atomic mass is 10.0. The normalized spacial score (nSPS) is 17.7. The number of piperazine rings is 1. The van der Waals surface area contributed by atoms with Gasteiger partial charge in [-0.2, -0.15) is 0 Å². The van der Waals surface area contributed by atoms with Crippen LogP contribution in [0.3, 0.4) is 0 Å². The molecule has 0 bridgehead atoms. The van der Waals surface area contributed by atoms with Crippen molar-refractivity contribution in [3.8, 4) is 11.3 Å². The van der Waals surface area contributed by atoms with Crippen molar-refractivity contribution in [3.05, 3.63) is 47.2 Å². The molecule has 0 aliphatic carbocycles. The van der Waals surface area contributed by atoms with Gasteiger partial charge in [0.2, 0.25) is 0 Å². The van der Waals surface area contributed by atoms with Crippen molar-refractivity contribution in [2.45, 2.75) is 26.8 Å². The minimum absolute atomic E-state index is 0.00501. The van der Waals surface area contributed by atoms with Crippen molar-refractivity contribution >= 4 is 17.0 Å². The van der Waals surface area contributed by atoms with Crippen LogP contribution in [0.5, 0.6) is 0 Å². The van der Waals surface area contributed by atoms with E-state index in [0.29, 0.717) is 35.4 Å². The van der Waals surface area contributed by atoms with E-state index in [1.165, 1.54) is 5.56 Å². The largest absolute Gasteiger partial charge is 0.336 e. The van der Waals surface area contributed by atoms with Gasteiger partial charge in [-0.05, 0) is 26.8 Å². The molecule has 1 aliphatic heterocycles. The van der Waals surface area contributed by atoms with E-state index >= 15 is 0 Å². The number of hydrogen-bond acceptors (Lipinski definition) is 5. The topological polar surface area (TPSA) is 71.3 Å². The van der Waals surface area contributed by atoms with Crippen molar-refractivity contribution in [2.24, 2.45) is 0 Å². The highest BCUT2D eigenvalue weighted by Gasteiger charge is 2.26. The zero-order chi connectivity index (χ0) is 18.3. The number of fused-ring (bicyclic) bond motifs is 1. The Kier molecular flexibility index (Phi) is 4.20. The predicted molar refractivity (Wildman–Crippen MR) is 100 cm³/mol. The maximum absolute atomic E-state index is 13.2. The van der Waals surface area contributed by atoms with Crippen molar-refractivity contribution in [1.82, 2.24) is 20.4 Å². The van der Waals surface area contributed by atoms with Crippen molar-refractivity contribution in [3.63, 3.8) is 0 Å². The van der Waals surface area contributed by atoms with E-state index in [2.05, 4.69) is 22.4 Å². The first-order chi connectivity index (χ1) is 12.5. The molecule has 1 aliphatic rings. The maximum Gasteiger partial charge on any atom is 0.259 e. The average Bonchev–Trinajstić information content (AvgIpc) is 3.02. The zero-order valence-electron chi connectivity index (χ0n) is 15.2. The third-order valence-electron chi connectivity index (χ3n) is 4.85. The van der Waals surface area contributed by atoms with Crippen molar-refractivity contribution in [2.75, 3.05) is 19.6 Å². The lowest BCUT2D eigenvalue weighted by Gasteiger charge is -2.32. The Labute approximate surface area is 152 Å². The third-order valence-corrected chi connectivity index (χ3v) is 4.85. The standard InChI is InChI=1S/C20H22N4O2/c1-12-4-6-15(7-5-12)17-10-16(18-14(3)23-26-19(18)22-17)20(25)24-9-8-21-13(2)11-24/h4-7,10,13,21H,8-9,11H2,1-3H3. The molecule has 26 heavy (non-hydrogen) atoms. The van der Waals surface area contributed by atoms with Crippen molar-refractivity contribution < 1.29 is 9.32 Å². The molecule has 6 nitrogen and oxygen atoms in total. The highest BCUT2D eigenvalue weighted by Crippen LogP contribution is 2.28. The Morgan fingerprint density at radius 2 is 2.04 bits per heavy atom. The Hall–Kier alpha value is -2.73. The minimum atomic E-state index is 0.00501. The molecule has 1 N–H and O–H groups in total. The quantitative estimate of drug-likeness (QED) is 0.769. The second-order valence-electron chi connectivity index (χ2n) is 6.98. The van der Waals surface area contributed by atoms with Crippen LogP contribution in [0.25, 0.3) is 22.4 Å². The van der Waals surface area contributed by atoms with Gasteiger partial charge in [0, 0.05) is 31.2 Å². The summed E-state index contributed by atoms with van der Waals surface area (Å²) in [5.74, 6) is 0.00501. The fourth-order valence-corrected chi connectivity index (χ4v) is 3.42. The molecular weight excluding hydrogens is 328 g/mol. The van der Waals surface area contributed by atoms with Crippen LogP contribution in [-0.2, 0) is 0 Å². The van der Waals surface area contributed by atoms with Gasteiger partial charge >= 0.3 is 0 Å². The molecule has 1 fully saturated rings. The highest BCUT2D eigenvalue weighted by molar-refractivity contribution is 6.07. The first-order valence-corrected chi connectivity index (χ1v) is 8.89. The van der Waals surface area contributed by atoms with Gasteiger partial charge in [0.15, 0.2) is 0 Å². The Morgan fingerprint density at radius 3 is 2.77 bits per heavy atom. The Balaban J connectivity index is 1.82. The number of hydrogen-bond donors (Lipinski definition) is 1. The molecule has 1 unspecified atom stereocenters. The van der Waals surface area contributed by atoms with Crippen LogP contribution in [0.4, 0.5) is 0 Å². The zero-order valence-corrected chi connectivity index (χ0v) is 15.2. The van der Waals surface area contributed by atoms with E-state index < -0.39 is 0 Å². The molecule has 6 heteroatoms. The van der Waals surface area contributed by atoms with Gasteiger partial charge in [-0.3, -0.25) is 4.79 Å². The van der Waals surface area contributed by atoms with E-state index in [9.17, 15) is 4.79 Å². The van der Waals surface area contributed by atoms with E-state index in [1.54, 1.807) is 0 Å². The number of amides is 1. The number of aryl methyl sites for hydroxylation is 2. The maximum atomic E-state index is 13.2. The van der Waals surface area contributed by atoms with Crippen LogP contribution in [0.1, 0.15) is 28.5 Å². The average molecular weight is 350 g/mol. The molecule has 0 saturated carbocycles. The molecule has 134 valence electrons. The van der Waals surface area contributed by atoms with Crippen LogP contribution < -0.4 is 5.32 Å². The smallest absolute Gasteiger partial charge is 0.259 e. The van der Waals surface area contributed by atoms with E-state index in [-0.39, 0.29) is 11.9 Å². The molecular formula is C20H22N4O2. The summed E-state index contributed by atoms with van der Waals surface area (Å²) in [5, 5.41) is 8.10. The lowest BCUT2D eigenvalue weighted by molar-refractivity contribution is 0.0711. The molecule has 1 atom stereocenters. The number of carbonyl (C=O) groups excluding carboxylic acids is 1. The third kappa shape index (κ3) is 2.97. The molecule has 1 aromatic carbocycles. The predicted octanol–water partition coefficient (Wildman–Crippen LogP) is 2.94. The summed E-state index contributed by atoms with van der Waals surface area (Å²) in [4.78, 5) is 19.7. The minimum Gasteiger partial charge on any atom is -0.336 e. The summed E-state index contributed by atoms with van der Waals surface area (Å²) < 4.78 is 5.39. The summed E-state index contributed by atoms with van der Waals surface area (Å²) in [5.41, 5.74) is 4.56. The molecule has 0 spiro atoms. The SMILES string of the molecule is Cc1ccc(-c2cc(C(=O)N3CCNC(C)C3)c3c(C)noc3n2)cc1. The molecule has 3 heterocycles. The van der Waals surface area contributed by atoms with E-state index in [0.717, 1.165) is 17.8 Å². The van der Waals surface area contributed by atoms with Crippen LogP contribution >= 0.6 is 0 Å². The Morgan fingerprint density at radius 1 is 1.27 bits per heavy atom. The summed E-state index contributed by atoms with van der Waals surface area (Å²) in [7, 11) is 0. The lowest BCUT2D eigenvalue weighted by Crippen LogP contribution is -2.51.